The quantitative estimate of drug-likeness (QED) is 0.942. The van der Waals surface area contributed by atoms with Gasteiger partial charge in [0.25, 0.3) is 0 Å². The highest BCUT2D eigenvalue weighted by Gasteiger charge is 2.12. The number of nitrogens with two attached hydrogens (primary N) is 1. The number of aromatic nitrogens is 1. The average Bonchev–Trinajstić information content (AvgIpc) is 2.78. The van der Waals surface area contributed by atoms with Crippen molar-refractivity contribution in [3.63, 3.8) is 0 Å². The van der Waals surface area contributed by atoms with E-state index in [2.05, 4.69) is 20.9 Å². The number of halogens is 1. The van der Waals surface area contributed by atoms with Crippen LogP contribution < -0.4 is 10.5 Å². The molecule has 0 aliphatic rings. The number of ether oxygens (including phenoxy) is 1. The second-order valence-corrected chi connectivity index (χ2v) is 5.48. The minimum Gasteiger partial charge on any atom is -0.496 e. The highest BCUT2D eigenvalue weighted by Crippen LogP contribution is 2.35. The lowest BCUT2D eigenvalue weighted by atomic mass is 10.2. The van der Waals surface area contributed by atoms with E-state index in [1.54, 1.807) is 18.4 Å². The summed E-state index contributed by atoms with van der Waals surface area (Å²) in [5.74, 6) is 0.818. The summed E-state index contributed by atoms with van der Waals surface area (Å²) in [5, 5.41) is 2.91. The molecular weight excluding hydrogens is 300 g/mol. The zero-order valence-corrected chi connectivity index (χ0v) is 12.0. The Kier molecular flexibility index (Phi) is 3.81. The number of benzene rings is 1. The molecule has 1 unspecified atom stereocenters. The highest BCUT2D eigenvalue weighted by molar-refractivity contribution is 9.10. The molecule has 1 aromatic carbocycles. The summed E-state index contributed by atoms with van der Waals surface area (Å²) in [7, 11) is 1.66. The minimum atomic E-state index is -0.0434. The topological polar surface area (TPSA) is 48.1 Å². The summed E-state index contributed by atoms with van der Waals surface area (Å²) < 4.78 is 6.34. The van der Waals surface area contributed by atoms with E-state index in [0.717, 1.165) is 26.5 Å². The second-order valence-electron chi connectivity index (χ2n) is 3.71. The average molecular weight is 313 g/mol. The van der Waals surface area contributed by atoms with E-state index >= 15 is 0 Å². The Labute approximate surface area is 113 Å². The molecule has 0 amide bonds. The summed E-state index contributed by atoms with van der Waals surface area (Å²) in [5.41, 5.74) is 7.70. The Hall–Kier alpha value is -0.910. The van der Waals surface area contributed by atoms with Crippen LogP contribution in [0.4, 0.5) is 0 Å². The van der Waals surface area contributed by atoms with E-state index in [1.165, 1.54) is 0 Å². The predicted molar refractivity (Wildman–Crippen MR) is 74.4 cm³/mol. The van der Waals surface area contributed by atoms with Gasteiger partial charge in [0, 0.05) is 15.9 Å². The molecule has 5 heteroatoms. The van der Waals surface area contributed by atoms with Gasteiger partial charge in [-0.2, -0.15) is 0 Å². The van der Waals surface area contributed by atoms with Crippen LogP contribution in [0.5, 0.6) is 5.75 Å². The molecule has 0 bridgehead atoms. The van der Waals surface area contributed by atoms with Gasteiger partial charge in [-0.05, 0) is 25.1 Å². The molecule has 1 heterocycles. The summed E-state index contributed by atoms with van der Waals surface area (Å²) in [6.45, 7) is 1.93. The second kappa shape index (κ2) is 5.16. The van der Waals surface area contributed by atoms with Gasteiger partial charge in [0.2, 0.25) is 0 Å². The number of hydrogen-bond donors (Lipinski definition) is 1. The van der Waals surface area contributed by atoms with Gasteiger partial charge in [0.05, 0.1) is 18.4 Å². The first-order valence-corrected chi connectivity index (χ1v) is 6.84. The van der Waals surface area contributed by atoms with Crippen LogP contribution in [0, 0.1) is 0 Å². The van der Waals surface area contributed by atoms with E-state index in [1.807, 2.05) is 30.5 Å². The lowest BCUT2D eigenvalue weighted by molar-refractivity contribution is 0.416. The molecule has 0 fully saturated rings. The third-order valence-electron chi connectivity index (χ3n) is 2.38. The van der Waals surface area contributed by atoms with E-state index in [4.69, 9.17) is 10.5 Å². The smallest absolute Gasteiger partial charge is 0.129 e. The van der Waals surface area contributed by atoms with Crippen molar-refractivity contribution in [3.8, 4) is 16.3 Å². The lowest BCUT2D eigenvalue weighted by Crippen LogP contribution is -2.04. The first kappa shape index (κ1) is 12.5. The van der Waals surface area contributed by atoms with E-state index in [0.29, 0.717) is 0 Å². The van der Waals surface area contributed by atoms with Gasteiger partial charge in [-0.15, -0.1) is 11.3 Å². The van der Waals surface area contributed by atoms with Crippen LogP contribution in [-0.2, 0) is 0 Å². The molecule has 2 rings (SSSR count). The first-order chi connectivity index (χ1) is 8.11. The number of hydrogen-bond acceptors (Lipinski definition) is 4. The number of rotatable bonds is 3. The molecule has 0 radical (unpaired) electrons. The number of thiazole rings is 1. The van der Waals surface area contributed by atoms with Crippen molar-refractivity contribution >= 4 is 27.3 Å². The van der Waals surface area contributed by atoms with Crippen LogP contribution in [0.2, 0.25) is 0 Å². The molecule has 0 aliphatic carbocycles. The zero-order chi connectivity index (χ0) is 12.4. The van der Waals surface area contributed by atoms with Crippen molar-refractivity contribution in [1.82, 2.24) is 4.98 Å². The Balaban J connectivity index is 2.47. The van der Waals surface area contributed by atoms with Crippen LogP contribution in [0.25, 0.3) is 10.6 Å². The van der Waals surface area contributed by atoms with E-state index in [9.17, 15) is 0 Å². The monoisotopic (exact) mass is 312 g/mol. The maximum atomic E-state index is 5.81. The molecule has 17 heavy (non-hydrogen) atoms. The first-order valence-electron chi connectivity index (χ1n) is 5.16. The Morgan fingerprint density at radius 2 is 2.24 bits per heavy atom. The molecular formula is C12H13BrN2OS. The van der Waals surface area contributed by atoms with Gasteiger partial charge < -0.3 is 10.5 Å². The normalized spacial score (nSPS) is 12.5. The molecule has 1 atom stereocenters. The lowest BCUT2D eigenvalue weighted by Gasteiger charge is -2.06. The van der Waals surface area contributed by atoms with Crippen molar-refractivity contribution < 1.29 is 4.74 Å². The highest BCUT2D eigenvalue weighted by atomic mass is 79.9. The summed E-state index contributed by atoms with van der Waals surface area (Å²) in [6.07, 6.45) is 0. The third kappa shape index (κ3) is 2.68. The van der Waals surface area contributed by atoms with Crippen molar-refractivity contribution in [2.45, 2.75) is 13.0 Å². The van der Waals surface area contributed by atoms with Gasteiger partial charge in [-0.1, -0.05) is 15.9 Å². The maximum Gasteiger partial charge on any atom is 0.129 e. The fraction of sp³-hybridized carbons (Fsp3) is 0.250. The van der Waals surface area contributed by atoms with Crippen LogP contribution in [0.1, 0.15) is 18.7 Å². The Morgan fingerprint density at radius 3 is 2.82 bits per heavy atom. The van der Waals surface area contributed by atoms with Gasteiger partial charge in [-0.3, -0.25) is 0 Å². The third-order valence-corrected chi connectivity index (χ3v) is 3.77. The standard InChI is InChI=1S/C12H13BrN2OS/c1-7(14)10-6-17-12(15-10)9-5-8(13)3-4-11(9)16-2/h3-7H,14H2,1-2H3. The van der Waals surface area contributed by atoms with E-state index in [-0.39, 0.29) is 6.04 Å². The van der Waals surface area contributed by atoms with Gasteiger partial charge in [0.1, 0.15) is 10.8 Å². The van der Waals surface area contributed by atoms with Gasteiger partial charge in [0.15, 0.2) is 0 Å². The number of nitrogens with zero attached hydrogens (tertiary/aromatic N) is 1. The molecule has 0 spiro atoms. The summed E-state index contributed by atoms with van der Waals surface area (Å²) >= 11 is 5.03. The van der Waals surface area contributed by atoms with E-state index < -0.39 is 0 Å². The summed E-state index contributed by atoms with van der Waals surface area (Å²) in [4.78, 5) is 4.52. The predicted octanol–water partition coefficient (Wildman–Crippen LogP) is 3.60. The molecule has 2 aromatic rings. The molecule has 0 aliphatic heterocycles. The molecule has 0 saturated heterocycles. The van der Waals surface area contributed by atoms with Crippen LogP contribution >= 0.6 is 27.3 Å². The molecule has 1 aromatic heterocycles. The van der Waals surface area contributed by atoms with Crippen LogP contribution in [0.3, 0.4) is 0 Å². The molecule has 3 nitrogen and oxygen atoms in total. The fourth-order valence-corrected chi connectivity index (χ4v) is 2.77. The fourth-order valence-electron chi connectivity index (χ4n) is 1.47. The Bertz CT molecular complexity index is 525. The molecule has 2 N–H and O–H groups in total. The van der Waals surface area contributed by atoms with Crippen LogP contribution in [0.15, 0.2) is 28.1 Å². The largest absolute Gasteiger partial charge is 0.496 e. The SMILES string of the molecule is COc1ccc(Br)cc1-c1nc(C(C)N)cs1. The number of methoxy groups -OCH3 is 1. The van der Waals surface area contributed by atoms with Crippen molar-refractivity contribution in [3.05, 3.63) is 33.7 Å². The summed E-state index contributed by atoms with van der Waals surface area (Å²) in [6, 6.07) is 5.83. The minimum absolute atomic E-state index is 0.0434. The molecule has 90 valence electrons. The van der Waals surface area contributed by atoms with Gasteiger partial charge in [-0.25, -0.2) is 4.98 Å². The molecule has 0 saturated carbocycles. The van der Waals surface area contributed by atoms with Crippen molar-refractivity contribution in [2.24, 2.45) is 5.73 Å². The van der Waals surface area contributed by atoms with Gasteiger partial charge >= 0.3 is 0 Å². The zero-order valence-electron chi connectivity index (χ0n) is 9.61. The van der Waals surface area contributed by atoms with Crippen molar-refractivity contribution in [1.29, 1.82) is 0 Å². The van der Waals surface area contributed by atoms with Crippen LogP contribution in [-0.4, -0.2) is 12.1 Å². The Morgan fingerprint density at radius 1 is 1.47 bits per heavy atom. The van der Waals surface area contributed by atoms with Crippen molar-refractivity contribution in [2.75, 3.05) is 7.11 Å². The maximum absolute atomic E-state index is 5.81.